The third kappa shape index (κ3) is 1.63. The van der Waals surface area contributed by atoms with Crippen LogP contribution in [-0.2, 0) is 0 Å². The molecule has 6 heteroatoms. The smallest absolute Gasteiger partial charge is 0.187 e. The molecule has 0 bridgehead atoms. The lowest BCUT2D eigenvalue weighted by molar-refractivity contribution is 0.535. The van der Waals surface area contributed by atoms with Gasteiger partial charge < -0.3 is 9.84 Å². The third-order valence-electron chi connectivity index (χ3n) is 2.25. The first-order valence-electron chi connectivity index (χ1n) is 4.68. The summed E-state index contributed by atoms with van der Waals surface area (Å²) in [5, 5.41) is 0. The van der Waals surface area contributed by atoms with Crippen LogP contribution in [-0.4, -0.2) is 9.97 Å². The Morgan fingerprint density at radius 3 is 2.69 bits per heavy atom. The first-order chi connectivity index (χ1) is 7.63. The van der Waals surface area contributed by atoms with Crippen LogP contribution in [0.25, 0.3) is 11.4 Å². The van der Waals surface area contributed by atoms with E-state index in [2.05, 4.69) is 15.4 Å². The maximum absolute atomic E-state index is 13.4. The Hall–Kier alpha value is -1.95. The van der Waals surface area contributed by atoms with Gasteiger partial charge in [-0.1, -0.05) is 0 Å². The van der Waals surface area contributed by atoms with Crippen molar-refractivity contribution in [1.82, 2.24) is 9.97 Å². The molecule has 84 valence electrons. The zero-order chi connectivity index (χ0) is 11.7. The van der Waals surface area contributed by atoms with Crippen LogP contribution in [0, 0.1) is 19.7 Å². The van der Waals surface area contributed by atoms with Crippen LogP contribution in [0.5, 0.6) is 0 Å². The number of hydrogen-bond donors (Lipinski definition) is 2. The van der Waals surface area contributed by atoms with Crippen molar-refractivity contribution in [2.24, 2.45) is 5.84 Å². The fourth-order valence-corrected chi connectivity index (χ4v) is 1.39. The maximum Gasteiger partial charge on any atom is 0.187 e. The third-order valence-corrected chi connectivity index (χ3v) is 2.25. The zero-order valence-electron chi connectivity index (χ0n) is 8.91. The van der Waals surface area contributed by atoms with Gasteiger partial charge in [-0.25, -0.2) is 20.2 Å². The van der Waals surface area contributed by atoms with Crippen LogP contribution in [0.2, 0.25) is 0 Å². The molecule has 0 aromatic carbocycles. The Morgan fingerprint density at radius 1 is 1.38 bits per heavy atom. The number of halogens is 1. The number of furan rings is 1. The summed E-state index contributed by atoms with van der Waals surface area (Å²) in [6.07, 6.45) is 1.53. The van der Waals surface area contributed by atoms with E-state index in [-0.39, 0.29) is 11.5 Å². The number of aromatic nitrogens is 2. The second-order valence-corrected chi connectivity index (χ2v) is 3.33. The van der Waals surface area contributed by atoms with E-state index in [0.29, 0.717) is 11.6 Å². The van der Waals surface area contributed by atoms with Gasteiger partial charge in [0.1, 0.15) is 5.76 Å². The van der Waals surface area contributed by atoms with Gasteiger partial charge in [0, 0.05) is 0 Å². The average molecular weight is 222 g/mol. The van der Waals surface area contributed by atoms with Crippen LogP contribution in [0.3, 0.4) is 0 Å². The average Bonchev–Trinajstić information content (AvgIpc) is 2.68. The van der Waals surface area contributed by atoms with E-state index in [1.165, 1.54) is 6.26 Å². The van der Waals surface area contributed by atoms with Crippen LogP contribution in [0.1, 0.15) is 11.5 Å². The first kappa shape index (κ1) is 10.6. The number of nitrogens with zero attached hydrogens (tertiary/aromatic N) is 2. The molecule has 0 saturated heterocycles. The van der Waals surface area contributed by atoms with E-state index < -0.39 is 5.82 Å². The molecule has 0 saturated carbocycles. The largest absolute Gasteiger partial charge is 0.469 e. The summed E-state index contributed by atoms with van der Waals surface area (Å²) in [5.74, 6) is 5.66. The van der Waals surface area contributed by atoms with E-state index >= 15 is 0 Å². The summed E-state index contributed by atoms with van der Waals surface area (Å²) in [7, 11) is 0. The Kier molecular flexibility index (Phi) is 2.57. The van der Waals surface area contributed by atoms with E-state index in [0.717, 1.165) is 5.56 Å². The highest BCUT2D eigenvalue weighted by Crippen LogP contribution is 2.23. The lowest BCUT2D eigenvalue weighted by Gasteiger charge is -2.06. The van der Waals surface area contributed by atoms with Crippen molar-refractivity contribution in [2.45, 2.75) is 13.8 Å². The summed E-state index contributed by atoms with van der Waals surface area (Å²) < 4.78 is 18.6. The quantitative estimate of drug-likeness (QED) is 0.598. The Morgan fingerprint density at radius 2 is 2.12 bits per heavy atom. The van der Waals surface area contributed by atoms with Crippen molar-refractivity contribution in [3.05, 3.63) is 29.6 Å². The van der Waals surface area contributed by atoms with Crippen molar-refractivity contribution < 1.29 is 8.81 Å². The van der Waals surface area contributed by atoms with Gasteiger partial charge in [-0.2, -0.15) is 0 Å². The minimum Gasteiger partial charge on any atom is -0.469 e. The molecule has 0 atom stereocenters. The van der Waals surface area contributed by atoms with Crippen LogP contribution >= 0.6 is 0 Å². The van der Waals surface area contributed by atoms with Crippen molar-refractivity contribution in [3.63, 3.8) is 0 Å². The molecular weight excluding hydrogens is 211 g/mol. The van der Waals surface area contributed by atoms with Gasteiger partial charge in [-0.05, 0) is 19.9 Å². The highest BCUT2D eigenvalue weighted by Gasteiger charge is 2.14. The molecule has 16 heavy (non-hydrogen) atoms. The number of nitrogens with one attached hydrogen (secondary N) is 1. The Labute approximate surface area is 91.5 Å². The Balaban J connectivity index is 2.59. The van der Waals surface area contributed by atoms with Gasteiger partial charge in [0.25, 0.3) is 0 Å². The molecule has 0 aliphatic carbocycles. The summed E-state index contributed by atoms with van der Waals surface area (Å²) in [4.78, 5) is 8.02. The topological polar surface area (TPSA) is 77.0 Å². The molecule has 0 amide bonds. The fourth-order valence-electron chi connectivity index (χ4n) is 1.39. The van der Waals surface area contributed by atoms with E-state index in [9.17, 15) is 4.39 Å². The molecule has 2 rings (SSSR count). The van der Waals surface area contributed by atoms with Gasteiger partial charge in [0.2, 0.25) is 0 Å². The Bertz CT molecular complexity index is 524. The molecule has 0 aliphatic heterocycles. The van der Waals surface area contributed by atoms with Crippen LogP contribution in [0.15, 0.2) is 16.7 Å². The molecular formula is C10H11FN4O. The number of anilines is 1. The van der Waals surface area contributed by atoms with Crippen molar-refractivity contribution in [3.8, 4) is 11.4 Å². The number of rotatable bonds is 2. The number of nitrogens with two attached hydrogens (primary N) is 1. The monoisotopic (exact) mass is 222 g/mol. The van der Waals surface area contributed by atoms with Gasteiger partial charge in [0.05, 0.1) is 17.5 Å². The molecule has 5 nitrogen and oxygen atoms in total. The fraction of sp³-hybridized carbons (Fsp3) is 0.200. The summed E-state index contributed by atoms with van der Waals surface area (Å²) in [5.41, 5.74) is 3.16. The predicted molar refractivity (Wildman–Crippen MR) is 57.0 cm³/mol. The van der Waals surface area contributed by atoms with Crippen LogP contribution < -0.4 is 11.3 Å². The molecule has 0 spiro atoms. The molecule has 2 heterocycles. The summed E-state index contributed by atoms with van der Waals surface area (Å²) in [6, 6.07) is 1.72. The lowest BCUT2D eigenvalue weighted by atomic mass is 10.2. The molecule has 2 aromatic rings. The van der Waals surface area contributed by atoms with Gasteiger partial charge >= 0.3 is 0 Å². The number of hydrazine groups is 1. The highest BCUT2D eigenvalue weighted by atomic mass is 19.1. The maximum atomic E-state index is 13.4. The number of aryl methyl sites for hydroxylation is 2. The van der Waals surface area contributed by atoms with Gasteiger partial charge in [-0.3, -0.25) is 0 Å². The summed E-state index contributed by atoms with van der Waals surface area (Å²) in [6.45, 7) is 3.34. The summed E-state index contributed by atoms with van der Waals surface area (Å²) >= 11 is 0. The lowest BCUT2D eigenvalue weighted by Crippen LogP contribution is -2.13. The number of hydrogen-bond acceptors (Lipinski definition) is 5. The van der Waals surface area contributed by atoms with Crippen molar-refractivity contribution >= 4 is 5.82 Å². The standard InChI is InChI=1S/C10H11FN4O/c1-5-8(11)10(15-12)14-9(13-5)7-3-4-16-6(7)2/h3-4H,12H2,1-2H3,(H,13,14,15). The SMILES string of the molecule is Cc1nc(-c2ccoc2C)nc(NN)c1F. The van der Waals surface area contributed by atoms with Crippen LogP contribution in [0.4, 0.5) is 10.2 Å². The highest BCUT2D eigenvalue weighted by molar-refractivity contribution is 5.59. The van der Waals surface area contributed by atoms with E-state index in [4.69, 9.17) is 10.3 Å². The molecule has 0 radical (unpaired) electrons. The normalized spacial score (nSPS) is 10.5. The van der Waals surface area contributed by atoms with Crippen molar-refractivity contribution in [1.29, 1.82) is 0 Å². The van der Waals surface area contributed by atoms with E-state index in [1.807, 2.05) is 0 Å². The number of nitrogen functional groups attached to an aromatic ring is 1. The molecule has 0 fully saturated rings. The molecule has 3 N–H and O–H groups in total. The molecule has 2 aromatic heterocycles. The van der Waals surface area contributed by atoms with E-state index in [1.54, 1.807) is 19.9 Å². The second-order valence-electron chi connectivity index (χ2n) is 3.33. The minimum atomic E-state index is -0.549. The predicted octanol–water partition coefficient (Wildman–Crippen LogP) is 1.78. The minimum absolute atomic E-state index is 0.0249. The second kappa shape index (κ2) is 3.90. The zero-order valence-corrected chi connectivity index (χ0v) is 8.91. The molecule has 0 aliphatic rings. The van der Waals surface area contributed by atoms with Gasteiger partial charge in [0.15, 0.2) is 17.5 Å². The molecule has 0 unspecified atom stereocenters. The first-order valence-corrected chi connectivity index (χ1v) is 4.68. The van der Waals surface area contributed by atoms with Crippen molar-refractivity contribution in [2.75, 3.05) is 5.43 Å². The van der Waals surface area contributed by atoms with Gasteiger partial charge in [-0.15, -0.1) is 0 Å².